The standard InChI is InChI=1S/C11H16N4O/c1-4-15-10(8-9(2)13-15)11(16)14(3)7-5-6-12/h8H,4-5,7H2,1-3H3. The van der Waals surface area contributed by atoms with Crippen LogP contribution in [0.25, 0.3) is 0 Å². The van der Waals surface area contributed by atoms with E-state index in [0.717, 1.165) is 5.69 Å². The number of hydrogen-bond acceptors (Lipinski definition) is 3. The third-order valence-corrected chi connectivity index (χ3v) is 2.33. The van der Waals surface area contributed by atoms with Gasteiger partial charge in [0.05, 0.1) is 18.2 Å². The topological polar surface area (TPSA) is 61.9 Å². The van der Waals surface area contributed by atoms with Gasteiger partial charge in [0.15, 0.2) is 0 Å². The molecule has 0 atom stereocenters. The Morgan fingerprint density at radius 2 is 2.38 bits per heavy atom. The average molecular weight is 220 g/mol. The van der Waals surface area contributed by atoms with E-state index < -0.39 is 0 Å². The van der Waals surface area contributed by atoms with E-state index in [1.165, 1.54) is 0 Å². The molecule has 5 nitrogen and oxygen atoms in total. The van der Waals surface area contributed by atoms with Gasteiger partial charge in [-0.15, -0.1) is 0 Å². The van der Waals surface area contributed by atoms with Crippen LogP contribution in [-0.2, 0) is 6.54 Å². The van der Waals surface area contributed by atoms with Crippen LogP contribution in [0, 0.1) is 18.3 Å². The van der Waals surface area contributed by atoms with Crippen LogP contribution in [0.3, 0.4) is 0 Å². The number of hydrogen-bond donors (Lipinski definition) is 0. The van der Waals surface area contributed by atoms with Crippen molar-refractivity contribution in [3.05, 3.63) is 17.5 Å². The van der Waals surface area contributed by atoms with Crippen LogP contribution in [0.5, 0.6) is 0 Å². The van der Waals surface area contributed by atoms with Gasteiger partial charge in [-0.05, 0) is 19.9 Å². The summed E-state index contributed by atoms with van der Waals surface area (Å²) in [6, 6.07) is 3.79. The molecule has 5 heteroatoms. The Morgan fingerprint density at radius 3 is 2.94 bits per heavy atom. The second-order valence-corrected chi connectivity index (χ2v) is 3.62. The fourth-order valence-corrected chi connectivity index (χ4v) is 1.47. The molecule has 0 fully saturated rings. The van der Waals surface area contributed by atoms with Crippen LogP contribution in [0.15, 0.2) is 6.07 Å². The van der Waals surface area contributed by atoms with Gasteiger partial charge in [0.2, 0.25) is 0 Å². The van der Waals surface area contributed by atoms with Gasteiger partial charge in [-0.25, -0.2) is 0 Å². The maximum absolute atomic E-state index is 12.0. The van der Waals surface area contributed by atoms with Crippen LogP contribution >= 0.6 is 0 Å². The van der Waals surface area contributed by atoms with Crippen LogP contribution in [0.2, 0.25) is 0 Å². The molecule has 0 saturated heterocycles. The molecule has 0 saturated carbocycles. The van der Waals surface area contributed by atoms with E-state index in [1.807, 2.05) is 19.9 Å². The van der Waals surface area contributed by atoms with E-state index >= 15 is 0 Å². The molecule has 0 aromatic carbocycles. The monoisotopic (exact) mass is 220 g/mol. The van der Waals surface area contributed by atoms with Crippen molar-refractivity contribution in [2.24, 2.45) is 0 Å². The number of aryl methyl sites for hydroxylation is 2. The maximum atomic E-state index is 12.0. The molecule has 0 bridgehead atoms. The van der Waals surface area contributed by atoms with Gasteiger partial charge in [0, 0.05) is 20.1 Å². The molecule has 0 unspecified atom stereocenters. The van der Waals surface area contributed by atoms with E-state index in [9.17, 15) is 4.79 Å². The molecule has 1 aromatic heterocycles. The summed E-state index contributed by atoms with van der Waals surface area (Å²) in [7, 11) is 1.70. The first kappa shape index (κ1) is 12.2. The minimum absolute atomic E-state index is 0.0855. The lowest BCUT2D eigenvalue weighted by molar-refractivity contribution is 0.0786. The second-order valence-electron chi connectivity index (χ2n) is 3.62. The zero-order valence-corrected chi connectivity index (χ0v) is 9.90. The van der Waals surface area contributed by atoms with Crippen molar-refractivity contribution in [1.29, 1.82) is 5.26 Å². The molecular formula is C11H16N4O. The van der Waals surface area contributed by atoms with E-state index in [4.69, 9.17) is 5.26 Å². The highest BCUT2D eigenvalue weighted by Crippen LogP contribution is 2.07. The molecule has 1 aromatic rings. The zero-order valence-electron chi connectivity index (χ0n) is 9.90. The summed E-state index contributed by atoms with van der Waals surface area (Å²) in [4.78, 5) is 13.5. The van der Waals surface area contributed by atoms with Crippen LogP contribution < -0.4 is 0 Å². The number of carbonyl (C=O) groups is 1. The summed E-state index contributed by atoms with van der Waals surface area (Å²) in [5, 5.41) is 12.7. The number of aromatic nitrogens is 2. The first-order valence-electron chi connectivity index (χ1n) is 5.27. The van der Waals surface area contributed by atoms with Gasteiger partial charge in [-0.3, -0.25) is 9.48 Å². The highest BCUT2D eigenvalue weighted by molar-refractivity contribution is 5.92. The van der Waals surface area contributed by atoms with Crippen molar-refractivity contribution in [3.8, 4) is 6.07 Å². The van der Waals surface area contributed by atoms with E-state index in [2.05, 4.69) is 5.10 Å². The van der Waals surface area contributed by atoms with Gasteiger partial charge in [-0.1, -0.05) is 0 Å². The summed E-state index contributed by atoms with van der Waals surface area (Å²) >= 11 is 0. The minimum Gasteiger partial charge on any atom is -0.339 e. The first-order chi connectivity index (χ1) is 7.60. The van der Waals surface area contributed by atoms with Gasteiger partial charge in [0.25, 0.3) is 5.91 Å². The van der Waals surface area contributed by atoms with Crippen molar-refractivity contribution < 1.29 is 4.79 Å². The van der Waals surface area contributed by atoms with Crippen molar-refractivity contribution in [2.45, 2.75) is 26.8 Å². The molecule has 1 heterocycles. The normalized spacial score (nSPS) is 9.88. The highest BCUT2D eigenvalue weighted by Gasteiger charge is 2.16. The third-order valence-electron chi connectivity index (χ3n) is 2.33. The SMILES string of the molecule is CCn1nc(C)cc1C(=O)N(C)CCC#N. The molecule has 1 rings (SSSR count). The van der Waals surface area contributed by atoms with Gasteiger partial charge < -0.3 is 4.90 Å². The Morgan fingerprint density at radius 1 is 1.69 bits per heavy atom. The molecule has 1 amide bonds. The fraction of sp³-hybridized carbons (Fsp3) is 0.545. The molecule has 0 aliphatic rings. The number of rotatable bonds is 4. The summed E-state index contributed by atoms with van der Waals surface area (Å²) in [6.45, 7) is 4.92. The van der Waals surface area contributed by atoms with E-state index in [-0.39, 0.29) is 5.91 Å². The number of carbonyl (C=O) groups excluding carboxylic acids is 1. The molecule has 16 heavy (non-hydrogen) atoms. The lowest BCUT2D eigenvalue weighted by atomic mass is 10.3. The Kier molecular flexibility index (Phi) is 4.06. The van der Waals surface area contributed by atoms with Crippen molar-refractivity contribution in [1.82, 2.24) is 14.7 Å². The average Bonchev–Trinajstić information content (AvgIpc) is 2.66. The van der Waals surface area contributed by atoms with Crippen LogP contribution in [-0.4, -0.2) is 34.2 Å². The molecule has 0 N–H and O–H groups in total. The van der Waals surface area contributed by atoms with Crippen molar-refractivity contribution >= 4 is 5.91 Å². The summed E-state index contributed by atoms with van der Waals surface area (Å²) in [5.41, 5.74) is 1.42. The predicted molar refractivity (Wildman–Crippen MR) is 59.8 cm³/mol. The minimum atomic E-state index is -0.0855. The summed E-state index contributed by atoms with van der Waals surface area (Å²) < 4.78 is 1.68. The molecule has 0 aliphatic heterocycles. The number of nitrogens with zero attached hydrogens (tertiary/aromatic N) is 4. The number of amides is 1. The number of nitriles is 1. The fourth-order valence-electron chi connectivity index (χ4n) is 1.47. The Labute approximate surface area is 95.3 Å². The largest absolute Gasteiger partial charge is 0.339 e. The van der Waals surface area contributed by atoms with Crippen molar-refractivity contribution in [2.75, 3.05) is 13.6 Å². The highest BCUT2D eigenvalue weighted by atomic mass is 16.2. The zero-order chi connectivity index (χ0) is 12.1. The van der Waals surface area contributed by atoms with Gasteiger partial charge >= 0.3 is 0 Å². The third kappa shape index (κ3) is 2.60. The summed E-state index contributed by atoms with van der Waals surface area (Å²) in [5.74, 6) is -0.0855. The van der Waals surface area contributed by atoms with Crippen molar-refractivity contribution in [3.63, 3.8) is 0 Å². The van der Waals surface area contributed by atoms with Gasteiger partial charge in [0.1, 0.15) is 5.69 Å². The van der Waals surface area contributed by atoms with E-state index in [0.29, 0.717) is 25.2 Å². The lowest BCUT2D eigenvalue weighted by Crippen LogP contribution is -2.29. The van der Waals surface area contributed by atoms with Crippen LogP contribution in [0.1, 0.15) is 29.5 Å². The Balaban J connectivity index is 2.83. The summed E-state index contributed by atoms with van der Waals surface area (Å²) in [6.07, 6.45) is 0.349. The maximum Gasteiger partial charge on any atom is 0.271 e. The second kappa shape index (κ2) is 5.31. The Hall–Kier alpha value is -1.83. The van der Waals surface area contributed by atoms with Crippen LogP contribution in [0.4, 0.5) is 0 Å². The smallest absolute Gasteiger partial charge is 0.271 e. The van der Waals surface area contributed by atoms with E-state index in [1.54, 1.807) is 22.7 Å². The van der Waals surface area contributed by atoms with Gasteiger partial charge in [-0.2, -0.15) is 10.4 Å². The Bertz CT molecular complexity index is 416. The molecular weight excluding hydrogens is 204 g/mol. The first-order valence-corrected chi connectivity index (χ1v) is 5.27. The molecule has 0 radical (unpaired) electrons. The predicted octanol–water partition coefficient (Wildman–Crippen LogP) is 1.20. The quantitative estimate of drug-likeness (QED) is 0.765. The molecule has 0 spiro atoms. The molecule has 0 aliphatic carbocycles. The lowest BCUT2D eigenvalue weighted by Gasteiger charge is -2.15. The molecule has 86 valence electrons.